The van der Waals surface area contributed by atoms with Crippen molar-refractivity contribution in [2.45, 2.75) is 0 Å². The van der Waals surface area contributed by atoms with Crippen molar-refractivity contribution in [1.82, 2.24) is 4.57 Å². The summed E-state index contributed by atoms with van der Waals surface area (Å²) < 4.78 is 1.38. The third-order valence-corrected chi connectivity index (χ3v) is 2.82. The molecule has 0 atom stereocenters. The molecule has 4 nitrogen and oxygen atoms in total. The number of benzene rings is 1. The highest BCUT2D eigenvalue weighted by Gasteiger charge is 2.14. The Hall–Kier alpha value is -2.62. The van der Waals surface area contributed by atoms with E-state index < -0.39 is 5.97 Å². The second kappa shape index (κ2) is 5.35. The summed E-state index contributed by atoms with van der Waals surface area (Å²) in [4.78, 5) is 22.9. The van der Waals surface area contributed by atoms with Gasteiger partial charge in [-0.2, -0.15) is 0 Å². The molecule has 2 rings (SSSR count). The van der Waals surface area contributed by atoms with Crippen LogP contribution in [0.5, 0.6) is 0 Å². The third kappa shape index (κ3) is 2.80. The van der Waals surface area contributed by atoms with Gasteiger partial charge in [0.05, 0.1) is 5.69 Å². The lowest BCUT2D eigenvalue weighted by molar-refractivity contribution is 0.0686. The van der Waals surface area contributed by atoms with Gasteiger partial charge in [-0.05, 0) is 23.8 Å². The highest BCUT2D eigenvalue weighted by molar-refractivity contribution is 6.06. The summed E-state index contributed by atoms with van der Waals surface area (Å²) >= 11 is 0. The number of aromatic carboxylic acids is 1. The van der Waals surface area contributed by atoms with Crippen LogP contribution >= 0.6 is 0 Å². The van der Waals surface area contributed by atoms with Crippen LogP contribution in [0.15, 0.2) is 48.5 Å². The fourth-order valence-electron chi connectivity index (χ4n) is 1.79. The maximum Gasteiger partial charge on any atom is 0.352 e. The molecule has 0 amide bonds. The Labute approximate surface area is 110 Å². The SMILES string of the molecule is Cn1c(C(=O)O)ccc1C(=O)/C=C/c1ccccc1. The van der Waals surface area contributed by atoms with E-state index in [1.54, 1.807) is 13.1 Å². The van der Waals surface area contributed by atoms with Crippen molar-refractivity contribution < 1.29 is 14.7 Å². The minimum absolute atomic E-state index is 0.0939. The van der Waals surface area contributed by atoms with E-state index in [2.05, 4.69) is 0 Å². The van der Waals surface area contributed by atoms with Gasteiger partial charge in [0.25, 0.3) is 0 Å². The van der Waals surface area contributed by atoms with Gasteiger partial charge in [-0.3, -0.25) is 4.79 Å². The number of carbonyl (C=O) groups excluding carboxylic acids is 1. The number of hydrogen-bond donors (Lipinski definition) is 1. The van der Waals surface area contributed by atoms with Gasteiger partial charge in [-0.15, -0.1) is 0 Å². The molecule has 2 aromatic rings. The summed E-state index contributed by atoms with van der Waals surface area (Å²) in [7, 11) is 1.56. The van der Waals surface area contributed by atoms with Crippen molar-refractivity contribution in [2.24, 2.45) is 7.05 Å². The molecule has 0 saturated heterocycles. The molecule has 19 heavy (non-hydrogen) atoms. The normalized spacial score (nSPS) is 10.8. The van der Waals surface area contributed by atoms with Crippen molar-refractivity contribution in [3.05, 3.63) is 65.5 Å². The van der Waals surface area contributed by atoms with E-state index in [9.17, 15) is 9.59 Å². The Morgan fingerprint density at radius 3 is 2.26 bits per heavy atom. The summed E-state index contributed by atoms with van der Waals surface area (Å²) in [6.45, 7) is 0. The Bertz CT molecular complexity index is 639. The first kappa shape index (κ1) is 12.8. The molecule has 1 aromatic carbocycles. The van der Waals surface area contributed by atoms with Gasteiger partial charge in [-0.1, -0.05) is 36.4 Å². The van der Waals surface area contributed by atoms with Gasteiger partial charge in [0.2, 0.25) is 5.78 Å². The van der Waals surface area contributed by atoms with Crippen molar-refractivity contribution in [2.75, 3.05) is 0 Å². The zero-order chi connectivity index (χ0) is 13.8. The molecular weight excluding hydrogens is 242 g/mol. The van der Waals surface area contributed by atoms with E-state index in [4.69, 9.17) is 5.11 Å². The number of rotatable bonds is 4. The van der Waals surface area contributed by atoms with Crippen molar-refractivity contribution >= 4 is 17.8 Å². The lowest BCUT2D eigenvalue weighted by atomic mass is 10.2. The highest BCUT2D eigenvalue weighted by Crippen LogP contribution is 2.10. The molecule has 0 unspecified atom stereocenters. The first-order chi connectivity index (χ1) is 9.09. The van der Waals surface area contributed by atoms with Crippen LogP contribution in [0.3, 0.4) is 0 Å². The second-order valence-electron chi connectivity index (χ2n) is 4.08. The summed E-state index contributed by atoms with van der Waals surface area (Å²) in [5.74, 6) is -1.27. The number of aromatic nitrogens is 1. The molecule has 0 bridgehead atoms. The Balaban J connectivity index is 2.21. The van der Waals surface area contributed by atoms with Crippen LogP contribution in [0.4, 0.5) is 0 Å². The van der Waals surface area contributed by atoms with Gasteiger partial charge < -0.3 is 9.67 Å². The number of hydrogen-bond acceptors (Lipinski definition) is 2. The molecule has 0 radical (unpaired) electrons. The van der Waals surface area contributed by atoms with Crippen LogP contribution < -0.4 is 0 Å². The average Bonchev–Trinajstić information content (AvgIpc) is 2.79. The molecular formula is C15H13NO3. The lowest BCUT2D eigenvalue weighted by Crippen LogP contribution is -2.09. The van der Waals surface area contributed by atoms with Gasteiger partial charge in [0.15, 0.2) is 0 Å². The van der Waals surface area contributed by atoms with E-state index >= 15 is 0 Å². The van der Waals surface area contributed by atoms with Crippen molar-refractivity contribution in [1.29, 1.82) is 0 Å². The van der Waals surface area contributed by atoms with Crippen LogP contribution in [0.25, 0.3) is 6.08 Å². The number of carboxylic acids is 1. The number of carboxylic acid groups (broad SMARTS) is 1. The molecule has 1 heterocycles. The largest absolute Gasteiger partial charge is 0.477 e. The average molecular weight is 255 g/mol. The van der Waals surface area contributed by atoms with Crippen molar-refractivity contribution in [3.8, 4) is 0 Å². The molecule has 0 aliphatic heterocycles. The van der Waals surface area contributed by atoms with Gasteiger partial charge >= 0.3 is 5.97 Å². The monoisotopic (exact) mass is 255 g/mol. The quantitative estimate of drug-likeness (QED) is 0.674. The van der Waals surface area contributed by atoms with Gasteiger partial charge in [0.1, 0.15) is 5.69 Å². The summed E-state index contributed by atoms with van der Waals surface area (Å²) in [6.07, 6.45) is 3.14. The number of allylic oxidation sites excluding steroid dienone is 1. The third-order valence-electron chi connectivity index (χ3n) is 2.82. The summed E-state index contributed by atoms with van der Waals surface area (Å²) in [5, 5.41) is 8.92. The fraction of sp³-hybridized carbons (Fsp3) is 0.0667. The molecule has 1 aromatic heterocycles. The number of carbonyl (C=O) groups is 2. The summed E-state index contributed by atoms with van der Waals surface area (Å²) in [5.41, 5.74) is 1.37. The van der Waals surface area contributed by atoms with E-state index in [1.165, 1.54) is 22.8 Å². The maximum atomic E-state index is 12.0. The molecule has 0 aliphatic rings. The van der Waals surface area contributed by atoms with Crippen LogP contribution in [0.2, 0.25) is 0 Å². The molecule has 1 N–H and O–H groups in total. The molecule has 0 spiro atoms. The lowest BCUT2D eigenvalue weighted by Gasteiger charge is -2.01. The first-order valence-electron chi connectivity index (χ1n) is 5.76. The van der Waals surface area contributed by atoms with Crippen LogP contribution in [-0.2, 0) is 7.05 Å². The zero-order valence-corrected chi connectivity index (χ0v) is 10.4. The fourth-order valence-corrected chi connectivity index (χ4v) is 1.79. The van der Waals surface area contributed by atoms with E-state index in [-0.39, 0.29) is 11.5 Å². The maximum absolute atomic E-state index is 12.0. The van der Waals surface area contributed by atoms with Gasteiger partial charge in [-0.25, -0.2) is 4.79 Å². The van der Waals surface area contributed by atoms with Crippen LogP contribution in [0, 0.1) is 0 Å². The van der Waals surface area contributed by atoms with E-state index in [0.717, 1.165) is 5.56 Å². The first-order valence-corrected chi connectivity index (χ1v) is 5.76. The molecule has 0 fully saturated rings. The Morgan fingerprint density at radius 1 is 1.05 bits per heavy atom. The molecule has 0 aliphatic carbocycles. The van der Waals surface area contributed by atoms with E-state index in [1.807, 2.05) is 30.3 Å². The van der Waals surface area contributed by atoms with Gasteiger partial charge in [0, 0.05) is 7.05 Å². The van der Waals surface area contributed by atoms with E-state index in [0.29, 0.717) is 5.69 Å². The minimum Gasteiger partial charge on any atom is -0.477 e. The second-order valence-corrected chi connectivity index (χ2v) is 4.08. The Kier molecular flexibility index (Phi) is 3.61. The van der Waals surface area contributed by atoms with Crippen LogP contribution in [-0.4, -0.2) is 21.4 Å². The predicted octanol–water partition coefficient (Wildman–Crippen LogP) is 2.62. The minimum atomic E-state index is -1.05. The standard InChI is InChI=1S/C15H13NO3/c1-16-12(8-9-13(16)15(18)19)14(17)10-7-11-5-3-2-4-6-11/h2-10H,1H3,(H,18,19)/b10-7+. The zero-order valence-electron chi connectivity index (χ0n) is 10.4. The van der Waals surface area contributed by atoms with Crippen LogP contribution in [0.1, 0.15) is 26.5 Å². The number of nitrogens with zero attached hydrogens (tertiary/aromatic N) is 1. The molecule has 0 saturated carbocycles. The number of ketones is 1. The molecule has 96 valence electrons. The predicted molar refractivity (Wildman–Crippen MR) is 72.2 cm³/mol. The smallest absolute Gasteiger partial charge is 0.352 e. The van der Waals surface area contributed by atoms with Crippen molar-refractivity contribution in [3.63, 3.8) is 0 Å². The molecule has 4 heteroatoms. The highest BCUT2D eigenvalue weighted by atomic mass is 16.4. The topological polar surface area (TPSA) is 59.3 Å². The summed E-state index contributed by atoms with van der Waals surface area (Å²) in [6, 6.07) is 12.4. The Morgan fingerprint density at radius 2 is 1.68 bits per heavy atom.